The monoisotopic (exact) mass is 376 g/mol. The number of rotatable bonds is 9. The third-order valence-corrected chi connectivity index (χ3v) is 3.67. The zero-order chi connectivity index (χ0) is 18.8. The molecule has 0 atom stereocenters. The van der Waals surface area contributed by atoms with Gasteiger partial charge in [-0.3, -0.25) is 9.59 Å². The van der Waals surface area contributed by atoms with E-state index in [9.17, 15) is 9.59 Å². The first kappa shape index (κ1) is 19.8. The van der Waals surface area contributed by atoms with E-state index in [2.05, 4.69) is 10.6 Å². The fourth-order valence-electron chi connectivity index (χ4n) is 2.12. The van der Waals surface area contributed by atoms with Gasteiger partial charge in [-0.2, -0.15) is 0 Å². The Morgan fingerprint density at radius 3 is 2.35 bits per heavy atom. The first-order chi connectivity index (χ1) is 12.6. The van der Waals surface area contributed by atoms with Crippen molar-refractivity contribution in [2.45, 2.75) is 6.42 Å². The molecule has 0 aliphatic heterocycles. The number of carbonyl (C=O) groups is 2. The number of carbonyl (C=O) groups excluding carboxylic acids is 2. The lowest BCUT2D eigenvalue weighted by Gasteiger charge is -2.09. The summed E-state index contributed by atoms with van der Waals surface area (Å²) in [4.78, 5) is 23.7. The van der Waals surface area contributed by atoms with Crippen LogP contribution in [0.25, 0.3) is 0 Å². The van der Waals surface area contributed by atoms with Crippen LogP contribution in [0.15, 0.2) is 48.5 Å². The molecule has 0 aliphatic carbocycles. The average Bonchev–Trinajstić information content (AvgIpc) is 2.63. The molecule has 0 aliphatic rings. The summed E-state index contributed by atoms with van der Waals surface area (Å²) < 4.78 is 10.3. The molecule has 0 radical (unpaired) electrons. The molecule has 0 unspecified atom stereocenters. The second-order valence-electron chi connectivity index (χ2n) is 5.51. The van der Waals surface area contributed by atoms with Crippen LogP contribution >= 0.6 is 11.6 Å². The van der Waals surface area contributed by atoms with Crippen LogP contribution in [0.5, 0.6) is 5.75 Å². The molecule has 2 amide bonds. The van der Waals surface area contributed by atoms with Crippen molar-refractivity contribution in [3.63, 3.8) is 0 Å². The summed E-state index contributed by atoms with van der Waals surface area (Å²) in [5.74, 6) is 0.222. The molecule has 2 N–H and O–H groups in total. The number of nitrogens with one attached hydrogen (secondary N) is 2. The highest BCUT2D eigenvalue weighted by atomic mass is 35.5. The minimum absolute atomic E-state index is 0.0739. The van der Waals surface area contributed by atoms with Crippen LogP contribution in [0.3, 0.4) is 0 Å². The smallest absolute Gasteiger partial charge is 0.262 e. The number of halogens is 1. The third-order valence-electron chi connectivity index (χ3n) is 3.41. The molecule has 2 rings (SSSR count). The maximum Gasteiger partial charge on any atom is 0.262 e. The van der Waals surface area contributed by atoms with Gasteiger partial charge in [0.2, 0.25) is 5.91 Å². The molecule has 0 heterocycles. The molecule has 0 fully saturated rings. The SMILES string of the molecule is COCCNC(=O)Cc1ccc(NC(=O)COc2ccc(Cl)cc2)cc1. The number of methoxy groups -OCH3 is 1. The summed E-state index contributed by atoms with van der Waals surface area (Å²) in [5, 5.41) is 6.10. The summed E-state index contributed by atoms with van der Waals surface area (Å²) in [6, 6.07) is 13.9. The van der Waals surface area contributed by atoms with E-state index >= 15 is 0 Å². The number of hydrogen-bond acceptors (Lipinski definition) is 4. The molecule has 0 saturated carbocycles. The van der Waals surface area contributed by atoms with Crippen molar-refractivity contribution in [1.29, 1.82) is 0 Å². The topological polar surface area (TPSA) is 76.7 Å². The molecule has 7 heteroatoms. The Bertz CT molecular complexity index is 717. The van der Waals surface area contributed by atoms with Crippen LogP contribution in [0, 0.1) is 0 Å². The molecule has 0 bridgehead atoms. The van der Waals surface area contributed by atoms with Gasteiger partial charge in [0.25, 0.3) is 5.91 Å². The van der Waals surface area contributed by atoms with Gasteiger partial charge >= 0.3 is 0 Å². The van der Waals surface area contributed by atoms with E-state index in [1.807, 2.05) is 0 Å². The molecule has 0 spiro atoms. The summed E-state index contributed by atoms with van der Waals surface area (Å²) in [7, 11) is 1.58. The van der Waals surface area contributed by atoms with Crippen molar-refractivity contribution >= 4 is 29.1 Å². The molecular weight excluding hydrogens is 356 g/mol. The zero-order valence-electron chi connectivity index (χ0n) is 14.5. The van der Waals surface area contributed by atoms with Gasteiger partial charge in [-0.15, -0.1) is 0 Å². The van der Waals surface area contributed by atoms with Crippen molar-refractivity contribution in [2.75, 3.05) is 32.2 Å². The second kappa shape index (κ2) is 10.4. The van der Waals surface area contributed by atoms with Gasteiger partial charge in [0, 0.05) is 24.4 Å². The highest BCUT2D eigenvalue weighted by Gasteiger charge is 2.06. The average molecular weight is 377 g/mol. The van der Waals surface area contributed by atoms with Crippen molar-refractivity contribution in [3.8, 4) is 5.75 Å². The lowest BCUT2D eigenvalue weighted by molar-refractivity contribution is -0.120. The Kier molecular flexibility index (Phi) is 7.92. The van der Waals surface area contributed by atoms with Crippen molar-refractivity contribution in [3.05, 3.63) is 59.1 Å². The van der Waals surface area contributed by atoms with E-state index in [1.165, 1.54) is 0 Å². The Morgan fingerprint density at radius 2 is 1.69 bits per heavy atom. The number of ether oxygens (including phenoxy) is 2. The van der Waals surface area contributed by atoms with Gasteiger partial charge in [0.05, 0.1) is 13.0 Å². The summed E-state index contributed by atoms with van der Waals surface area (Å²) >= 11 is 5.79. The van der Waals surface area contributed by atoms with Crippen molar-refractivity contribution < 1.29 is 19.1 Å². The zero-order valence-corrected chi connectivity index (χ0v) is 15.2. The Labute approximate surface area is 157 Å². The van der Waals surface area contributed by atoms with Gasteiger partial charge in [0.15, 0.2) is 6.61 Å². The van der Waals surface area contributed by atoms with E-state index in [0.29, 0.717) is 29.6 Å². The van der Waals surface area contributed by atoms with Gasteiger partial charge < -0.3 is 20.1 Å². The lowest BCUT2D eigenvalue weighted by atomic mass is 10.1. The van der Waals surface area contributed by atoms with E-state index in [1.54, 1.807) is 55.6 Å². The highest BCUT2D eigenvalue weighted by molar-refractivity contribution is 6.30. The fraction of sp³-hybridized carbons (Fsp3) is 0.263. The van der Waals surface area contributed by atoms with Crippen molar-refractivity contribution in [2.24, 2.45) is 0 Å². The normalized spacial score (nSPS) is 10.2. The molecule has 138 valence electrons. The van der Waals surface area contributed by atoms with Crippen LogP contribution in [-0.2, 0) is 20.7 Å². The van der Waals surface area contributed by atoms with Crippen LogP contribution in [0.2, 0.25) is 5.02 Å². The van der Waals surface area contributed by atoms with Crippen LogP contribution in [-0.4, -0.2) is 38.7 Å². The number of amides is 2. The highest BCUT2D eigenvalue weighted by Crippen LogP contribution is 2.15. The second-order valence-corrected chi connectivity index (χ2v) is 5.94. The summed E-state index contributed by atoms with van der Waals surface area (Å²) in [5.41, 5.74) is 1.49. The number of benzene rings is 2. The molecular formula is C19H21ClN2O4. The van der Waals surface area contributed by atoms with Crippen LogP contribution < -0.4 is 15.4 Å². The van der Waals surface area contributed by atoms with E-state index in [-0.39, 0.29) is 24.8 Å². The Morgan fingerprint density at radius 1 is 1.00 bits per heavy atom. The lowest BCUT2D eigenvalue weighted by Crippen LogP contribution is -2.28. The van der Waals surface area contributed by atoms with Gasteiger partial charge in [-0.1, -0.05) is 23.7 Å². The van der Waals surface area contributed by atoms with Gasteiger partial charge in [-0.05, 0) is 42.0 Å². The minimum Gasteiger partial charge on any atom is -0.484 e. The number of anilines is 1. The minimum atomic E-state index is -0.273. The first-order valence-electron chi connectivity index (χ1n) is 8.09. The predicted octanol–water partition coefficient (Wildman–Crippen LogP) is 2.66. The quantitative estimate of drug-likeness (QED) is 0.660. The first-order valence-corrected chi connectivity index (χ1v) is 8.47. The van der Waals surface area contributed by atoms with E-state index in [4.69, 9.17) is 21.1 Å². The Balaban J connectivity index is 1.76. The molecule has 0 saturated heterocycles. The standard InChI is InChI=1S/C19H21ClN2O4/c1-25-11-10-21-18(23)12-14-2-6-16(7-3-14)22-19(24)13-26-17-8-4-15(20)5-9-17/h2-9H,10-13H2,1H3,(H,21,23)(H,22,24). The Hall–Kier alpha value is -2.57. The van der Waals surface area contributed by atoms with Gasteiger partial charge in [0.1, 0.15) is 5.75 Å². The molecule has 2 aromatic rings. The summed E-state index contributed by atoms with van der Waals surface area (Å²) in [6.07, 6.45) is 0.275. The fourth-order valence-corrected chi connectivity index (χ4v) is 2.25. The third kappa shape index (κ3) is 7.13. The molecule has 26 heavy (non-hydrogen) atoms. The van der Waals surface area contributed by atoms with Gasteiger partial charge in [-0.25, -0.2) is 0 Å². The largest absolute Gasteiger partial charge is 0.484 e. The molecule has 2 aromatic carbocycles. The number of hydrogen-bond donors (Lipinski definition) is 2. The maximum atomic E-state index is 11.9. The van der Waals surface area contributed by atoms with E-state index < -0.39 is 0 Å². The van der Waals surface area contributed by atoms with Crippen LogP contribution in [0.4, 0.5) is 5.69 Å². The van der Waals surface area contributed by atoms with E-state index in [0.717, 1.165) is 5.56 Å². The predicted molar refractivity (Wildman–Crippen MR) is 101 cm³/mol. The maximum absolute atomic E-state index is 11.9. The molecule has 6 nitrogen and oxygen atoms in total. The van der Waals surface area contributed by atoms with Crippen molar-refractivity contribution in [1.82, 2.24) is 5.32 Å². The summed E-state index contributed by atoms with van der Waals surface area (Å²) in [6.45, 7) is 0.858. The van der Waals surface area contributed by atoms with Crippen LogP contribution in [0.1, 0.15) is 5.56 Å². The molecule has 0 aromatic heterocycles.